The van der Waals surface area contributed by atoms with Gasteiger partial charge in [-0.1, -0.05) is 17.7 Å². The van der Waals surface area contributed by atoms with Crippen molar-refractivity contribution in [1.29, 1.82) is 0 Å². The first-order valence-electron chi connectivity index (χ1n) is 7.84. The van der Waals surface area contributed by atoms with Gasteiger partial charge >= 0.3 is 38.7 Å². The number of esters is 1. The van der Waals surface area contributed by atoms with Gasteiger partial charge in [0, 0.05) is 0 Å². The summed E-state index contributed by atoms with van der Waals surface area (Å²) in [6.07, 6.45) is 0. The van der Waals surface area contributed by atoms with E-state index in [1.807, 2.05) is 43.3 Å². The molecular weight excluding hydrogens is 405 g/mol. The predicted molar refractivity (Wildman–Crippen MR) is 93.3 cm³/mol. The van der Waals surface area contributed by atoms with E-state index >= 15 is 0 Å². The van der Waals surface area contributed by atoms with Gasteiger partial charge in [0.25, 0.3) is 0 Å². The predicted octanol–water partition coefficient (Wildman–Crippen LogP) is 4.52. The Morgan fingerprint density at radius 3 is 2.15 bits per heavy atom. The van der Waals surface area contributed by atoms with Crippen LogP contribution in [0.4, 0.5) is 0 Å². The van der Waals surface area contributed by atoms with Gasteiger partial charge in [0.15, 0.2) is 5.75 Å². The molecule has 4 nitrogen and oxygen atoms in total. The number of benzene rings is 3. The summed E-state index contributed by atoms with van der Waals surface area (Å²) < 4.78 is 5.33. The van der Waals surface area contributed by atoms with Crippen molar-refractivity contribution in [3.63, 3.8) is 0 Å². The van der Waals surface area contributed by atoms with E-state index in [4.69, 9.17) is 14.5 Å². The van der Waals surface area contributed by atoms with Crippen LogP contribution in [0.5, 0.6) is 11.5 Å². The third-order valence-electron chi connectivity index (χ3n) is 3.49. The van der Waals surface area contributed by atoms with Gasteiger partial charge < -0.3 is 9.62 Å². The molecule has 0 aliphatic heterocycles. The molecular formula is C21H17O4Y+2. The summed E-state index contributed by atoms with van der Waals surface area (Å²) in [6, 6.07) is 24.3. The van der Waals surface area contributed by atoms with Crippen molar-refractivity contribution >= 4 is 5.97 Å². The van der Waals surface area contributed by atoms with E-state index in [9.17, 15) is 4.79 Å². The second-order valence-electron chi connectivity index (χ2n) is 5.48. The zero-order chi connectivity index (χ0) is 17.5. The minimum absolute atomic E-state index is 0. The molecule has 0 saturated carbocycles. The smallest absolute Gasteiger partial charge is 0.423 e. The molecule has 3 rings (SSSR count). The van der Waals surface area contributed by atoms with Crippen LogP contribution in [0.1, 0.15) is 21.5 Å². The number of ether oxygens (including phenoxy) is 1. The quantitative estimate of drug-likeness (QED) is 0.193. The van der Waals surface area contributed by atoms with Crippen LogP contribution in [0.3, 0.4) is 0 Å². The molecule has 26 heavy (non-hydrogen) atoms. The molecule has 0 saturated heterocycles. The minimum Gasteiger partial charge on any atom is -0.423 e. The summed E-state index contributed by atoms with van der Waals surface area (Å²) in [5.41, 5.74) is 2.59. The Bertz CT molecular complexity index is 815. The van der Waals surface area contributed by atoms with Gasteiger partial charge in [-0.05, 0) is 43.3 Å². The van der Waals surface area contributed by atoms with Gasteiger partial charge in [-0.2, -0.15) is 35.2 Å². The minimum atomic E-state index is -0.397. The van der Waals surface area contributed by atoms with Gasteiger partial charge in [-0.3, -0.25) is 0 Å². The maximum atomic E-state index is 12.1. The fraction of sp³-hybridized carbons (Fsp3) is 0.0952. The standard InChI is InChI=1S/C21H17O4.Y/c1-16-7-9-18(10-8-16)21(22)24-19-11-13-20(14-12-19)25-23-15-17-5-3-2-4-6-17;/h3-14H,15H2,1H3;/q-1;+3. The first-order valence-corrected chi connectivity index (χ1v) is 7.84. The Morgan fingerprint density at radius 2 is 1.50 bits per heavy atom. The molecule has 0 aliphatic carbocycles. The largest absolute Gasteiger partial charge is 3.00 e. The van der Waals surface area contributed by atoms with Crippen molar-refractivity contribution < 1.29 is 52.0 Å². The normalized spacial score (nSPS) is 9.88. The first-order chi connectivity index (χ1) is 12.2. The monoisotopic (exact) mass is 422 g/mol. The van der Waals surface area contributed by atoms with E-state index < -0.39 is 5.97 Å². The maximum absolute atomic E-state index is 12.1. The molecule has 0 aliphatic rings. The van der Waals surface area contributed by atoms with Crippen molar-refractivity contribution in [1.82, 2.24) is 0 Å². The van der Waals surface area contributed by atoms with Crippen LogP contribution in [0, 0.1) is 13.0 Å². The Kier molecular flexibility index (Phi) is 7.98. The molecule has 3 aromatic carbocycles. The molecule has 0 unspecified atom stereocenters. The van der Waals surface area contributed by atoms with E-state index in [0.29, 0.717) is 23.7 Å². The van der Waals surface area contributed by atoms with Crippen LogP contribution < -0.4 is 9.62 Å². The van der Waals surface area contributed by atoms with E-state index in [1.54, 1.807) is 36.4 Å². The molecule has 0 heterocycles. The van der Waals surface area contributed by atoms with Crippen molar-refractivity contribution in [2.24, 2.45) is 0 Å². The number of carbonyl (C=O) groups excluding carboxylic acids is 1. The molecule has 0 amide bonds. The summed E-state index contributed by atoms with van der Waals surface area (Å²) in [7, 11) is 0. The van der Waals surface area contributed by atoms with E-state index in [-0.39, 0.29) is 32.7 Å². The number of carbonyl (C=O) groups is 1. The number of rotatable bonds is 6. The van der Waals surface area contributed by atoms with Crippen molar-refractivity contribution in [3.05, 3.63) is 95.6 Å². The number of hydrogen-bond donors (Lipinski definition) is 0. The van der Waals surface area contributed by atoms with Crippen LogP contribution in [-0.4, -0.2) is 5.97 Å². The van der Waals surface area contributed by atoms with Crippen molar-refractivity contribution in [3.8, 4) is 11.5 Å². The SMILES string of the molecule is Cc1ccc(C(=O)Oc2ccc(OOCc3cc[c-]cc3)cc2)cc1.[Y+3]. The summed E-state index contributed by atoms with van der Waals surface area (Å²) in [5.74, 6) is 0.569. The van der Waals surface area contributed by atoms with Crippen molar-refractivity contribution in [2.75, 3.05) is 0 Å². The maximum Gasteiger partial charge on any atom is 3.00 e. The van der Waals surface area contributed by atoms with Gasteiger partial charge in [0.2, 0.25) is 0 Å². The molecule has 0 N–H and O–H groups in total. The Labute approximate surface area is 177 Å². The average molecular weight is 422 g/mol. The Hall–Kier alpha value is -2.01. The van der Waals surface area contributed by atoms with Crippen LogP contribution in [0.2, 0.25) is 0 Å². The third kappa shape index (κ3) is 6.06. The van der Waals surface area contributed by atoms with Gasteiger partial charge in [-0.25, -0.2) is 4.79 Å². The fourth-order valence-corrected chi connectivity index (χ4v) is 2.10. The van der Waals surface area contributed by atoms with E-state index in [0.717, 1.165) is 11.1 Å². The van der Waals surface area contributed by atoms with Crippen LogP contribution in [0.15, 0.2) is 72.8 Å². The van der Waals surface area contributed by atoms with Gasteiger partial charge in [0.05, 0.1) is 12.2 Å². The summed E-state index contributed by atoms with van der Waals surface area (Å²) in [4.78, 5) is 22.5. The summed E-state index contributed by atoms with van der Waals surface area (Å²) in [6.45, 7) is 2.30. The molecule has 0 spiro atoms. The van der Waals surface area contributed by atoms with Gasteiger partial charge in [-0.15, -0.1) is 5.56 Å². The van der Waals surface area contributed by atoms with Gasteiger partial charge in [0.1, 0.15) is 5.75 Å². The van der Waals surface area contributed by atoms with E-state index in [1.165, 1.54) is 0 Å². The molecule has 5 heteroatoms. The number of hydrogen-bond acceptors (Lipinski definition) is 4. The summed E-state index contributed by atoms with van der Waals surface area (Å²) in [5, 5.41) is 0. The molecule has 126 valence electrons. The number of aryl methyl sites for hydroxylation is 1. The molecule has 3 aromatic rings. The zero-order valence-corrected chi connectivity index (χ0v) is 17.2. The second kappa shape index (κ2) is 10.2. The Balaban J connectivity index is 0.00000243. The molecule has 0 radical (unpaired) electrons. The first kappa shape index (κ1) is 20.3. The molecule has 0 fully saturated rings. The summed E-state index contributed by atoms with van der Waals surface area (Å²) >= 11 is 0. The van der Waals surface area contributed by atoms with E-state index in [2.05, 4.69) is 6.07 Å². The zero-order valence-electron chi connectivity index (χ0n) is 14.3. The van der Waals surface area contributed by atoms with Crippen molar-refractivity contribution in [2.45, 2.75) is 13.5 Å². The molecule has 0 atom stereocenters. The average Bonchev–Trinajstić information content (AvgIpc) is 2.64. The second-order valence-corrected chi connectivity index (χ2v) is 5.48. The molecule has 0 aromatic heterocycles. The Morgan fingerprint density at radius 1 is 0.885 bits per heavy atom. The van der Waals surface area contributed by atoms with Crippen LogP contribution in [-0.2, 0) is 44.2 Å². The molecule has 0 bridgehead atoms. The fourth-order valence-electron chi connectivity index (χ4n) is 2.10. The third-order valence-corrected chi connectivity index (χ3v) is 3.49. The van der Waals surface area contributed by atoms with Crippen LogP contribution >= 0.6 is 0 Å². The topological polar surface area (TPSA) is 44.8 Å². The van der Waals surface area contributed by atoms with Crippen LogP contribution in [0.25, 0.3) is 0 Å².